The van der Waals surface area contributed by atoms with Gasteiger partial charge in [0, 0.05) is 17.7 Å². The Bertz CT molecular complexity index is 331. The van der Waals surface area contributed by atoms with E-state index in [1.165, 1.54) is 24.1 Å². The van der Waals surface area contributed by atoms with E-state index in [4.69, 9.17) is 5.84 Å². The third-order valence-corrected chi connectivity index (χ3v) is 2.84. The van der Waals surface area contributed by atoms with Crippen molar-refractivity contribution in [2.24, 2.45) is 5.84 Å². The quantitative estimate of drug-likeness (QED) is 0.582. The lowest BCUT2D eigenvalue weighted by molar-refractivity contribution is 0.653. The average Bonchev–Trinajstić information content (AvgIpc) is 2.28. The van der Waals surface area contributed by atoms with Crippen molar-refractivity contribution in [1.29, 1.82) is 0 Å². The molecule has 82 valence electrons. The molecule has 0 radical (unpaired) electrons. The molecule has 0 amide bonds. The van der Waals surface area contributed by atoms with Crippen molar-refractivity contribution >= 4 is 5.82 Å². The molecule has 0 spiro atoms. The fourth-order valence-electron chi connectivity index (χ4n) is 2.10. The van der Waals surface area contributed by atoms with Crippen molar-refractivity contribution in [3.63, 3.8) is 0 Å². The highest BCUT2D eigenvalue weighted by Crippen LogP contribution is 2.24. The second kappa shape index (κ2) is 4.57. The molecule has 4 heteroatoms. The number of anilines is 1. The zero-order valence-electron chi connectivity index (χ0n) is 9.21. The number of nitrogens with two attached hydrogens (primary N) is 1. The van der Waals surface area contributed by atoms with E-state index >= 15 is 0 Å². The third-order valence-electron chi connectivity index (χ3n) is 2.84. The molecular weight excluding hydrogens is 188 g/mol. The van der Waals surface area contributed by atoms with E-state index in [9.17, 15) is 0 Å². The Morgan fingerprint density at radius 3 is 2.80 bits per heavy atom. The van der Waals surface area contributed by atoms with Crippen LogP contribution in [0.2, 0.25) is 0 Å². The van der Waals surface area contributed by atoms with Crippen molar-refractivity contribution in [1.82, 2.24) is 9.97 Å². The number of nitrogens with one attached hydrogen (secondary N) is 1. The largest absolute Gasteiger partial charge is 0.308 e. The minimum Gasteiger partial charge on any atom is -0.308 e. The van der Waals surface area contributed by atoms with Crippen LogP contribution in [0.3, 0.4) is 0 Å². The van der Waals surface area contributed by atoms with Crippen LogP contribution in [0.25, 0.3) is 0 Å². The maximum absolute atomic E-state index is 5.50. The summed E-state index contributed by atoms with van der Waals surface area (Å²) in [5, 5.41) is 0. The fourth-order valence-corrected chi connectivity index (χ4v) is 2.10. The maximum atomic E-state index is 5.50. The smallest absolute Gasteiger partial charge is 0.147 e. The van der Waals surface area contributed by atoms with Gasteiger partial charge in [0.15, 0.2) is 0 Å². The van der Waals surface area contributed by atoms with Gasteiger partial charge in [-0.2, -0.15) is 0 Å². The van der Waals surface area contributed by atoms with Crippen LogP contribution in [0.1, 0.15) is 43.3 Å². The van der Waals surface area contributed by atoms with Gasteiger partial charge in [0.25, 0.3) is 0 Å². The number of aromatic nitrogens is 2. The Balaban J connectivity index is 2.38. The Morgan fingerprint density at radius 2 is 2.07 bits per heavy atom. The molecule has 0 aromatic carbocycles. The molecular formula is C11H18N4. The second-order valence-corrected chi connectivity index (χ2v) is 4.02. The molecule has 2 rings (SSSR count). The molecule has 0 aliphatic heterocycles. The molecule has 0 unspecified atom stereocenters. The summed E-state index contributed by atoms with van der Waals surface area (Å²) in [5.74, 6) is 7.26. The number of nitrogen functional groups attached to an aromatic ring is 1. The lowest BCUT2D eigenvalue weighted by atomic mass is 9.96. The number of hydrogen-bond acceptors (Lipinski definition) is 4. The number of fused-ring (bicyclic) bond motifs is 1. The summed E-state index contributed by atoms with van der Waals surface area (Å²) in [4.78, 5) is 9.05. The first kappa shape index (κ1) is 10.4. The molecule has 0 saturated carbocycles. The number of hydrogen-bond donors (Lipinski definition) is 2. The van der Waals surface area contributed by atoms with E-state index in [0.29, 0.717) is 0 Å². The molecule has 15 heavy (non-hydrogen) atoms. The Morgan fingerprint density at radius 1 is 1.27 bits per heavy atom. The second-order valence-electron chi connectivity index (χ2n) is 4.02. The first-order chi connectivity index (χ1) is 7.35. The van der Waals surface area contributed by atoms with Crippen LogP contribution in [-0.2, 0) is 19.3 Å². The van der Waals surface area contributed by atoms with E-state index in [1.54, 1.807) is 0 Å². The van der Waals surface area contributed by atoms with Crippen molar-refractivity contribution in [3.8, 4) is 0 Å². The molecule has 3 N–H and O–H groups in total. The summed E-state index contributed by atoms with van der Waals surface area (Å²) in [5.41, 5.74) is 5.13. The Labute approximate surface area is 90.3 Å². The van der Waals surface area contributed by atoms with Crippen LogP contribution < -0.4 is 11.3 Å². The summed E-state index contributed by atoms with van der Waals surface area (Å²) in [6.07, 6.45) is 6.59. The fraction of sp³-hybridized carbons (Fsp3) is 0.636. The first-order valence-corrected chi connectivity index (χ1v) is 5.70. The highest BCUT2D eigenvalue weighted by atomic mass is 15.3. The van der Waals surface area contributed by atoms with Gasteiger partial charge in [-0.1, -0.05) is 6.92 Å². The molecule has 0 atom stereocenters. The predicted octanol–water partition coefficient (Wildman–Crippen LogP) is 1.59. The van der Waals surface area contributed by atoms with Gasteiger partial charge in [-0.25, -0.2) is 15.8 Å². The van der Waals surface area contributed by atoms with Gasteiger partial charge >= 0.3 is 0 Å². The normalized spacial score (nSPS) is 14.8. The van der Waals surface area contributed by atoms with E-state index < -0.39 is 0 Å². The van der Waals surface area contributed by atoms with E-state index in [1.807, 2.05) is 0 Å². The minimum absolute atomic E-state index is 0.836. The van der Waals surface area contributed by atoms with Crippen LogP contribution in [0.15, 0.2) is 0 Å². The van der Waals surface area contributed by atoms with Gasteiger partial charge in [-0.05, 0) is 32.1 Å². The molecule has 0 fully saturated rings. The predicted molar refractivity (Wildman–Crippen MR) is 60.5 cm³/mol. The number of aryl methyl sites for hydroxylation is 2. The van der Waals surface area contributed by atoms with Crippen LogP contribution in [0.5, 0.6) is 0 Å². The Hall–Kier alpha value is -1.16. The highest BCUT2D eigenvalue weighted by molar-refractivity contribution is 5.46. The number of nitrogens with zero attached hydrogens (tertiary/aromatic N) is 2. The van der Waals surface area contributed by atoms with E-state index in [0.717, 1.165) is 37.3 Å². The minimum atomic E-state index is 0.836. The summed E-state index contributed by atoms with van der Waals surface area (Å²) >= 11 is 0. The lowest BCUT2D eigenvalue weighted by Crippen LogP contribution is -2.18. The van der Waals surface area contributed by atoms with Gasteiger partial charge in [0.05, 0.1) is 0 Å². The van der Waals surface area contributed by atoms with Crippen LogP contribution in [-0.4, -0.2) is 9.97 Å². The van der Waals surface area contributed by atoms with Crippen molar-refractivity contribution < 1.29 is 0 Å². The summed E-state index contributed by atoms with van der Waals surface area (Å²) in [7, 11) is 0. The average molecular weight is 206 g/mol. The number of rotatable bonds is 3. The zero-order valence-corrected chi connectivity index (χ0v) is 9.21. The van der Waals surface area contributed by atoms with Crippen molar-refractivity contribution in [3.05, 3.63) is 17.1 Å². The molecule has 1 aromatic heterocycles. The van der Waals surface area contributed by atoms with Crippen molar-refractivity contribution in [2.75, 3.05) is 5.43 Å². The summed E-state index contributed by atoms with van der Waals surface area (Å²) < 4.78 is 0. The summed E-state index contributed by atoms with van der Waals surface area (Å²) in [6.45, 7) is 2.14. The molecule has 0 bridgehead atoms. The highest BCUT2D eigenvalue weighted by Gasteiger charge is 2.16. The van der Waals surface area contributed by atoms with Crippen LogP contribution in [0, 0.1) is 0 Å². The van der Waals surface area contributed by atoms with Crippen LogP contribution in [0.4, 0.5) is 5.82 Å². The molecule has 0 saturated heterocycles. The molecule has 4 nitrogen and oxygen atoms in total. The molecule has 1 aliphatic rings. The van der Waals surface area contributed by atoms with E-state index in [-0.39, 0.29) is 0 Å². The SMILES string of the molecule is CCCc1nc2c(c(NN)n1)CCCC2. The maximum Gasteiger partial charge on any atom is 0.147 e. The zero-order chi connectivity index (χ0) is 10.7. The van der Waals surface area contributed by atoms with Crippen molar-refractivity contribution in [2.45, 2.75) is 45.4 Å². The first-order valence-electron chi connectivity index (χ1n) is 5.70. The lowest BCUT2D eigenvalue weighted by Gasteiger charge is -2.18. The topological polar surface area (TPSA) is 63.8 Å². The molecule has 1 aromatic rings. The van der Waals surface area contributed by atoms with Gasteiger partial charge in [0.2, 0.25) is 0 Å². The van der Waals surface area contributed by atoms with Gasteiger partial charge in [-0.15, -0.1) is 0 Å². The standard InChI is InChI=1S/C11H18N4/c1-2-5-10-13-9-7-4-3-6-8(9)11(14-10)15-12/h2-7,12H2,1H3,(H,13,14,15). The Kier molecular flexibility index (Phi) is 3.16. The summed E-state index contributed by atoms with van der Waals surface area (Å²) in [6, 6.07) is 0. The van der Waals surface area contributed by atoms with Gasteiger partial charge in [-0.3, -0.25) is 0 Å². The number of hydrazine groups is 1. The third kappa shape index (κ3) is 2.09. The molecule has 1 aliphatic carbocycles. The monoisotopic (exact) mass is 206 g/mol. The van der Waals surface area contributed by atoms with Gasteiger partial charge in [0.1, 0.15) is 11.6 Å². The van der Waals surface area contributed by atoms with Crippen LogP contribution >= 0.6 is 0 Å². The molecule has 1 heterocycles. The van der Waals surface area contributed by atoms with Gasteiger partial charge < -0.3 is 5.43 Å². The van der Waals surface area contributed by atoms with E-state index in [2.05, 4.69) is 22.3 Å².